The van der Waals surface area contributed by atoms with E-state index in [0.717, 1.165) is 18.7 Å². The maximum absolute atomic E-state index is 10.3. The molecule has 0 amide bonds. The molecule has 0 radical (unpaired) electrons. The van der Waals surface area contributed by atoms with Gasteiger partial charge >= 0.3 is 5.97 Å². The van der Waals surface area contributed by atoms with E-state index in [1.54, 1.807) is 4.68 Å². The number of aryl methyl sites for hydroxylation is 1. The largest absolute Gasteiger partial charge is 0.480 e. The lowest BCUT2D eigenvalue weighted by Crippen LogP contribution is -2.09. The molecule has 6 nitrogen and oxygen atoms in total. The second-order valence-electron chi connectivity index (χ2n) is 4.38. The molecule has 1 aromatic heterocycles. The van der Waals surface area contributed by atoms with Gasteiger partial charge in [0, 0.05) is 13.0 Å². The smallest absolute Gasteiger partial charge is 0.329 e. The molecule has 94 valence electrons. The normalized spacial score (nSPS) is 16.5. The summed E-state index contributed by atoms with van der Waals surface area (Å²) < 4.78 is 6.69. The quantitative estimate of drug-likeness (QED) is 0.831. The lowest BCUT2D eigenvalue weighted by Gasteiger charge is -2.00. The first-order valence-corrected chi connectivity index (χ1v) is 5.86. The Hall–Kier alpha value is -1.43. The highest BCUT2D eigenvalue weighted by molar-refractivity contribution is 5.67. The van der Waals surface area contributed by atoms with Crippen LogP contribution in [0.2, 0.25) is 0 Å². The van der Waals surface area contributed by atoms with Gasteiger partial charge in [-0.05, 0) is 12.8 Å². The SMILES string of the molecule is Cn1nc(C2CCCC2)nc1COCC(=O)O. The first-order valence-electron chi connectivity index (χ1n) is 5.86. The van der Waals surface area contributed by atoms with Crippen molar-refractivity contribution >= 4 is 5.97 Å². The summed E-state index contributed by atoms with van der Waals surface area (Å²) in [6.07, 6.45) is 4.79. The van der Waals surface area contributed by atoms with E-state index in [1.165, 1.54) is 12.8 Å². The lowest BCUT2D eigenvalue weighted by molar-refractivity contribution is -0.142. The Morgan fingerprint density at radius 3 is 2.88 bits per heavy atom. The molecule has 0 bridgehead atoms. The van der Waals surface area contributed by atoms with Gasteiger partial charge in [0.2, 0.25) is 0 Å². The molecule has 0 saturated heterocycles. The molecule has 1 aliphatic rings. The van der Waals surface area contributed by atoms with Crippen LogP contribution in [-0.2, 0) is 23.2 Å². The van der Waals surface area contributed by atoms with Crippen molar-refractivity contribution in [1.82, 2.24) is 14.8 Å². The van der Waals surface area contributed by atoms with Crippen molar-refractivity contribution in [2.75, 3.05) is 6.61 Å². The first kappa shape index (κ1) is 12.0. The second kappa shape index (κ2) is 5.27. The maximum Gasteiger partial charge on any atom is 0.329 e. The summed E-state index contributed by atoms with van der Waals surface area (Å²) in [6, 6.07) is 0. The molecule has 2 rings (SSSR count). The Morgan fingerprint density at radius 1 is 1.53 bits per heavy atom. The Morgan fingerprint density at radius 2 is 2.24 bits per heavy atom. The lowest BCUT2D eigenvalue weighted by atomic mass is 10.1. The van der Waals surface area contributed by atoms with Crippen LogP contribution in [0.5, 0.6) is 0 Å². The zero-order valence-electron chi connectivity index (χ0n) is 9.93. The van der Waals surface area contributed by atoms with Crippen molar-refractivity contribution in [3.8, 4) is 0 Å². The van der Waals surface area contributed by atoms with E-state index in [9.17, 15) is 4.79 Å². The summed E-state index contributed by atoms with van der Waals surface area (Å²) in [5.74, 6) is 1.06. The monoisotopic (exact) mass is 239 g/mol. The molecule has 6 heteroatoms. The molecule has 1 heterocycles. The molecule has 1 aromatic rings. The number of hydrogen-bond acceptors (Lipinski definition) is 4. The molecule has 1 aliphatic carbocycles. The second-order valence-corrected chi connectivity index (χ2v) is 4.38. The van der Waals surface area contributed by atoms with Crippen LogP contribution in [0.3, 0.4) is 0 Å². The Labute approximate surface area is 99.6 Å². The number of aromatic nitrogens is 3. The van der Waals surface area contributed by atoms with Crippen LogP contribution in [-0.4, -0.2) is 32.4 Å². The summed E-state index contributed by atoms with van der Waals surface area (Å²) in [7, 11) is 1.81. The third-order valence-corrected chi connectivity index (χ3v) is 3.05. The zero-order chi connectivity index (χ0) is 12.3. The van der Waals surface area contributed by atoms with Crippen molar-refractivity contribution in [3.63, 3.8) is 0 Å². The Kier molecular flexibility index (Phi) is 3.73. The fraction of sp³-hybridized carbons (Fsp3) is 0.727. The van der Waals surface area contributed by atoms with E-state index in [1.807, 2.05) is 7.05 Å². The van der Waals surface area contributed by atoms with E-state index in [2.05, 4.69) is 10.1 Å². The van der Waals surface area contributed by atoms with E-state index in [0.29, 0.717) is 11.7 Å². The van der Waals surface area contributed by atoms with Gasteiger partial charge in [0.05, 0.1) is 0 Å². The van der Waals surface area contributed by atoms with E-state index >= 15 is 0 Å². The van der Waals surface area contributed by atoms with Crippen LogP contribution in [0, 0.1) is 0 Å². The highest BCUT2D eigenvalue weighted by Crippen LogP contribution is 2.32. The predicted molar refractivity (Wildman–Crippen MR) is 59.5 cm³/mol. The summed E-state index contributed by atoms with van der Waals surface area (Å²) in [6.45, 7) is -0.103. The van der Waals surface area contributed by atoms with Crippen LogP contribution in [0.15, 0.2) is 0 Å². The molecule has 0 aromatic carbocycles. The van der Waals surface area contributed by atoms with Crippen molar-refractivity contribution in [2.24, 2.45) is 7.05 Å². The highest BCUT2D eigenvalue weighted by atomic mass is 16.5. The average Bonchev–Trinajstić information content (AvgIpc) is 2.87. The third-order valence-electron chi connectivity index (χ3n) is 3.05. The van der Waals surface area contributed by atoms with Gasteiger partial charge in [0.25, 0.3) is 0 Å². The van der Waals surface area contributed by atoms with Crippen molar-refractivity contribution in [2.45, 2.75) is 38.2 Å². The number of ether oxygens (including phenoxy) is 1. The van der Waals surface area contributed by atoms with Crippen molar-refractivity contribution < 1.29 is 14.6 Å². The zero-order valence-corrected chi connectivity index (χ0v) is 9.93. The molecule has 1 N–H and O–H groups in total. The van der Waals surface area contributed by atoms with Crippen LogP contribution in [0.1, 0.15) is 43.3 Å². The molecule has 0 aliphatic heterocycles. The number of carboxylic acids is 1. The minimum Gasteiger partial charge on any atom is -0.480 e. The van der Waals surface area contributed by atoms with Crippen LogP contribution in [0.4, 0.5) is 0 Å². The van der Waals surface area contributed by atoms with Crippen molar-refractivity contribution in [3.05, 3.63) is 11.6 Å². The minimum atomic E-state index is -0.969. The fourth-order valence-corrected chi connectivity index (χ4v) is 2.15. The van der Waals surface area contributed by atoms with Crippen LogP contribution >= 0.6 is 0 Å². The number of carbonyl (C=O) groups is 1. The van der Waals surface area contributed by atoms with Gasteiger partial charge < -0.3 is 9.84 Å². The van der Waals surface area contributed by atoms with Gasteiger partial charge in [-0.2, -0.15) is 5.10 Å². The van der Waals surface area contributed by atoms with Gasteiger partial charge in [0.15, 0.2) is 11.6 Å². The van der Waals surface area contributed by atoms with Crippen LogP contribution < -0.4 is 0 Å². The van der Waals surface area contributed by atoms with E-state index < -0.39 is 5.97 Å². The number of carboxylic acid groups (broad SMARTS) is 1. The van der Waals surface area contributed by atoms with E-state index in [4.69, 9.17) is 9.84 Å². The van der Waals surface area contributed by atoms with Gasteiger partial charge in [-0.15, -0.1) is 0 Å². The Bertz CT molecular complexity index is 397. The Balaban J connectivity index is 1.95. The first-order chi connectivity index (χ1) is 8.16. The number of nitrogens with zero attached hydrogens (tertiary/aromatic N) is 3. The number of aliphatic carboxylic acids is 1. The topological polar surface area (TPSA) is 77.2 Å². The summed E-state index contributed by atoms with van der Waals surface area (Å²) >= 11 is 0. The fourth-order valence-electron chi connectivity index (χ4n) is 2.15. The molecular weight excluding hydrogens is 222 g/mol. The van der Waals surface area contributed by atoms with Gasteiger partial charge in [-0.1, -0.05) is 12.8 Å². The number of hydrogen-bond donors (Lipinski definition) is 1. The summed E-state index contributed by atoms with van der Waals surface area (Å²) in [4.78, 5) is 14.7. The van der Waals surface area contributed by atoms with Gasteiger partial charge in [-0.3, -0.25) is 4.68 Å². The van der Waals surface area contributed by atoms with E-state index in [-0.39, 0.29) is 13.2 Å². The maximum atomic E-state index is 10.3. The minimum absolute atomic E-state index is 0.197. The predicted octanol–water partition coefficient (Wildman–Crippen LogP) is 1.07. The van der Waals surface area contributed by atoms with Crippen LogP contribution in [0.25, 0.3) is 0 Å². The molecule has 0 spiro atoms. The molecule has 1 fully saturated rings. The summed E-state index contributed by atoms with van der Waals surface area (Å²) in [5, 5.41) is 12.8. The molecular formula is C11H17N3O3. The third kappa shape index (κ3) is 3.03. The highest BCUT2D eigenvalue weighted by Gasteiger charge is 2.22. The van der Waals surface area contributed by atoms with Gasteiger partial charge in [-0.25, -0.2) is 9.78 Å². The molecule has 0 unspecified atom stereocenters. The molecule has 1 saturated carbocycles. The van der Waals surface area contributed by atoms with Crippen molar-refractivity contribution in [1.29, 1.82) is 0 Å². The molecule has 17 heavy (non-hydrogen) atoms. The standard InChI is InChI=1S/C11H17N3O3/c1-14-9(6-17-7-10(15)16)12-11(13-14)8-4-2-3-5-8/h8H,2-7H2,1H3,(H,15,16). The molecule has 0 atom stereocenters. The number of rotatable bonds is 5. The average molecular weight is 239 g/mol. The van der Waals surface area contributed by atoms with Gasteiger partial charge in [0.1, 0.15) is 13.2 Å². The summed E-state index contributed by atoms with van der Waals surface area (Å²) in [5.41, 5.74) is 0.